The first-order chi connectivity index (χ1) is 10.9. The van der Waals surface area contributed by atoms with Gasteiger partial charge in [-0.25, -0.2) is 10.2 Å². The molecule has 1 atom stereocenters. The number of rotatable bonds is 8. The summed E-state index contributed by atoms with van der Waals surface area (Å²) in [6.07, 6.45) is -1.10. The van der Waals surface area contributed by atoms with E-state index in [4.69, 9.17) is 10.5 Å². The second-order valence-electron chi connectivity index (χ2n) is 5.21. The van der Waals surface area contributed by atoms with Crippen LogP contribution in [0.2, 0.25) is 0 Å². The molecule has 0 bridgehead atoms. The number of ether oxygens (including phenoxy) is 1. The Morgan fingerprint density at radius 1 is 1.17 bits per heavy atom. The van der Waals surface area contributed by atoms with Crippen LogP contribution in [0.5, 0.6) is 0 Å². The number of primary amides is 1. The Labute approximate surface area is 134 Å². The molecule has 8 heteroatoms. The molecule has 23 heavy (non-hydrogen) atoms. The minimum atomic E-state index is -1.15. The van der Waals surface area contributed by atoms with Crippen molar-refractivity contribution in [1.29, 1.82) is 0 Å². The van der Waals surface area contributed by atoms with Gasteiger partial charge < -0.3 is 15.8 Å². The average molecular weight is 322 g/mol. The number of alkyl carbamates (subject to hydrolysis) is 1. The second-order valence-corrected chi connectivity index (χ2v) is 5.21. The first kappa shape index (κ1) is 18.4. The van der Waals surface area contributed by atoms with E-state index in [-0.39, 0.29) is 19.1 Å². The van der Waals surface area contributed by atoms with Crippen molar-refractivity contribution in [3.05, 3.63) is 35.9 Å². The van der Waals surface area contributed by atoms with Gasteiger partial charge in [-0.05, 0) is 19.4 Å². The van der Waals surface area contributed by atoms with Gasteiger partial charge in [-0.2, -0.15) is 0 Å². The third-order valence-electron chi connectivity index (χ3n) is 2.74. The highest BCUT2D eigenvalue weighted by Crippen LogP contribution is 2.01. The largest absolute Gasteiger partial charge is 0.445 e. The number of nitrogens with one attached hydrogen (secondary N) is 3. The Morgan fingerprint density at radius 3 is 2.39 bits per heavy atom. The maximum absolute atomic E-state index is 11.7. The van der Waals surface area contributed by atoms with Crippen molar-refractivity contribution in [1.82, 2.24) is 16.2 Å². The lowest BCUT2D eigenvalue weighted by atomic mass is 10.2. The fourth-order valence-corrected chi connectivity index (χ4v) is 1.59. The SMILES string of the molecule is CC(C)NNC(=O)C[C@H](NC(=O)OCc1ccccc1)C(N)=O. The molecule has 0 spiro atoms. The third-order valence-corrected chi connectivity index (χ3v) is 2.74. The molecule has 0 aliphatic heterocycles. The van der Waals surface area contributed by atoms with E-state index in [1.54, 1.807) is 12.1 Å². The maximum Gasteiger partial charge on any atom is 0.408 e. The van der Waals surface area contributed by atoms with Crippen LogP contribution in [-0.4, -0.2) is 30.0 Å². The summed E-state index contributed by atoms with van der Waals surface area (Å²) < 4.78 is 4.98. The molecular weight excluding hydrogens is 300 g/mol. The number of carbonyl (C=O) groups excluding carboxylic acids is 3. The predicted molar refractivity (Wildman–Crippen MR) is 83.8 cm³/mol. The Kier molecular flexibility index (Phi) is 7.55. The highest BCUT2D eigenvalue weighted by Gasteiger charge is 2.22. The van der Waals surface area contributed by atoms with E-state index in [0.717, 1.165) is 5.56 Å². The summed E-state index contributed by atoms with van der Waals surface area (Å²) in [5, 5.41) is 2.28. The van der Waals surface area contributed by atoms with Crippen LogP contribution in [0.4, 0.5) is 4.79 Å². The topological polar surface area (TPSA) is 123 Å². The Balaban J connectivity index is 2.43. The molecule has 3 amide bonds. The fraction of sp³-hybridized carbons (Fsp3) is 0.400. The van der Waals surface area contributed by atoms with Gasteiger partial charge in [0.05, 0.1) is 6.42 Å². The van der Waals surface area contributed by atoms with Crippen molar-refractivity contribution in [2.24, 2.45) is 5.73 Å². The zero-order chi connectivity index (χ0) is 17.2. The van der Waals surface area contributed by atoms with Gasteiger partial charge in [-0.1, -0.05) is 30.3 Å². The fourth-order valence-electron chi connectivity index (χ4n) is 1.59. The molecule has 0 saturated carbocycles. The minimum absolute atomic E-state index is 0.0368. The molecule has 1 aromatic rings. The Bertz CT molecular complexity index is 534. The lowest BCUT2D eigenvalue weighted by Gasteiger charge is -2.16. The number of nitrogens with two attached hydrogens (primary N) is 1. The van der Waals surface area contributed by atoms with E-state index in [2.05, 4.69) is 16.2 Å². The molecule has 8 nitrogen and oxygen atoms in total. The van der Waals surface area contributed by atoms with E-state index < -0.39 is 23.9 Å². The van der Waals surface area contributed by atoms with Crippen LogP contribution in [-0.2, 0) is 20.9 Å². The van der Waals surface area contributed by atoms with Crippen molar-refractivity contribution < 1.29 is 19.1 Å². The van der Waals surface area contributed by atoms with Crippen molar-refractivity contribution in [2.45, 2.75) is 39.0 Å². The van der Waals surface area contributed by atoms with E-state index in [1.807, 2.05) is 32.0 Å². The van der Waals surface area contributed by atoms with Crippen molar-refractivity contribution >= 4 is 17.9 Å². The molecule has 0 radical (unpaired) electrons. The minimum Gasteiger partial charge on any atom is -0.445 e. The molecule has 1 aromatic carbocycles. The van der Waals surface area contributed by atoms with Gasteiger partial charge in [0.15, 0.2) is 0 Å². The molecule has 0 unspecified atom stereocenters. The van der Waals surface area contributed by atoms with E-state index in [0.29, 0.717) is 0 Å². The zero-order valence-corrected chi connectivity index (χ0v) is 13.2. The summed E-state index contributed by atoms with van der Waals surface area (Å²) in [5.41, 5.74) is 11.1. The van der Waals surface area contributed by atoms with Crippen LogP contribution in [0, 0.1) is 0 Å². The van der Waals surface area contributed by atoms with Gasteiger partial charge in [0.2, 0.25) is 11.8 Å². The standard InChI is InChI=1S/C15H22N4O4/c1-10(2)18-19-13(20)8-12(14(16)21)17-15(22)23-9-11-6-4-3-5-7-11/h3-7,10,12,18H,8-9H2,1-2H3,(H2,16,21)(H,17,22)(H,19,20)/t12-/m0/s1. The molecule has 0 aliphatic carbocycles. The van der Waals surface area contributed by atoms with E-state index >= 15 is 0 Å². The zero-order valence-electron chi connectivity index (χ0n) is 13.2. The molecule has 1 rings (SSSR count). The van der Waals surface area contributed by atoms with Gasteiger partial charge in [-0.15, -0.1) is 0 Å². The second kappa shape index (κ2) is 9.42. The highest BCUT2D eigenvalue weighted by atomic mass is 16.5. The van der Waals surface area contributed by atoms with Crippen LogP contribution in [0.1, 0.15) is 25.8 Å². The summed E-state index contributed by atoms with van der Waals surface area (Å²) in [5.74, 6) is -1.28. The number of hydrazine groups is 1. The summed E-state index contributed by atoms with van der Waals surface area (Å²) in [6, 6.07) is 7.95. The molecule has 0 fully saturated rings. The van der Waals surface area contributed by atoms with Crippen LogP contribution >= 0.6 is 0 Å². The third kappa shape index (κ3) is 7.82. The van der Waals surface area contributed by atoms with Gasteiger partial charge >= 0.3 is 6.09 Å². The average Bonchev–Trinajstić information content (AvgIpc) is 2.51. The lowest BCUT2D eigenvalue weighted by Crippen LogP contribution is -2.49. The number of amides is 3. The maximum atomic E-state index is 11.7. The number of hydrogen-bond donors (Lipinski definition) is 4. The van der Waals surface area contributed by atoms with Crippen molar-refractivity contribution in [2.75, 3.05) is 0 Å². The summed E-state index contributed by atoms with van der Waals surface area (Å²) in [4.78, 5) is 34.7. The van der Waals surface area contributed by atoms with E-state index in [9.17, 15) is 14.4 Å². The number of hydrogen-bond acceptors (Lipinski definition) is 5. The van der Waals surface area contributed by atoms with Crippen molar-refractivity contribution in [3.63, 3.8) is 0 Å². The first-order valence-corrected chi connectivity index (χ1v) is 7.19. The number of carbonyl (C=O) groups is 3. The lowest BCUT2D eigenvalue weighted by molar-refractivity contribution is -0.127. The van der Waals surface area contributed by atoms with Gasteiger partial charge in [-0.3, -0.25) is 15.0 Å². The monoisotopic (exact) mass is 322 g/mol. The molecule has 0 aliphatic rings. The normalized spacial score (nSPS) is 11.6. The van der Waals surface area contributed by atoms with Crippen LogP contribution in [0.25, 0.3) is 0 Å². The van der Waals surface area contributed by atoms with Gasteiger partial charge in [0.25, 0.3) is 0 Å². The van der Waals surface area contributed by atoms with Gasteiger partial charge in [0.1, 0.15) is 12.6 Å². The summed E-state index contributed by atoms with van der Waals surface area (Å²) in [7, 11) is 0. The van der Waals surface area contributed by atoms with Crippen LogP contribution in [0.15, 0.2) is 30.3 Å². The smallest absolute Gasteiger partial charge is 0.408 e. The predicted octanol–water partition coefficient (Wildman–Crippen LogP) is 0.186. The number of benzene rings is 1. The molecule has 0 aromatic heterocycles. The first-order valence-electron chi connectivity index (χ1n) is 7.19. The van der Waals surface area contributed by atoms with Crippen LogP contribution in [0.3, 0.4) is 0 Å². The quantitative estimate of drug-likeness (QED) is 0.509. The summed E-state index contributed by atoms with van der Waals surface area (Å²) in [6.45, 7) is 3.73. The Morgan fingerprint density at radius 2 is 1.83 bits per heavy atom. The van der Waals surface area contributed by atoms with Crippen LogP contribution < -0.4 is 21.9 Å². The highest BCUT2D eigenvalue weighted by molar-refractivity contribution is 5.89. The van der Waals surface area contributed by atoms with Gasteiger partial charge in [0, 0.05) is 6.04 Å². The summed E-state index contributed by atoms with van der Waals surface area (Å²) >= 11 is 0. The molecule has 5 N–H and O–H groups in total. The Hall–Kier alpha value is -2.61. The van der Waals surface area contributed by atoms with E-state index in [1.165, 1.54) is 0 Å². The molecule has 0 heterocycles. The molecular formula is C15H22N4O4. The molecule has 126 valence electrons. The van der Waals surface area contributed by atoms with Crippen molar-refractivity contribution in [3.8, 4) is 0 Å². The molecule has 0 saturated heterocycles.